The van der Waals surface area contributed by atoms with Gasteiger partial charge < -0.3 is 15.6 Å². The lowest BCUT2D eigenvalue weighted by Gasteiger charge is -2.10. The summed E-state index contributed by atoms with van der Waals surface area (Å²) in [6.45, 7) is 1.69. The molecule has 15 heavy (non-hydrogen) atoms. The summed E-state index contributed by atoms with van der Waals surface area (Å²) >= 11 is 0. The molecule has 0 radical (unpaired) electrons. The number of pyridine rings is 1. The lowest BCUT2D eigenvalue weighted by molar-refractivity contribution is 0.0938. The molecule has 2 rings (SSSR count). The van der Waals surface area contributed by atoms with E-state index >= 15 is 0 Å². The Morgan fingerprint density at radius 3 is 3.07 bits per heavy atom. The van der Waals surface area contributed by atoms with E-state index in [-0.39, 0.29) is 23.1 Å². The molecule has 1 amide bonds. The second-order valence-electron chi connectivity index (χ2n) is 3.58. The van der Waals surface area contributed by atoms with E-state index in [1.54, 1.807) is 6.07 Å². The Labute approximate surface area is 86.9 Å². The molecule has 1 fully saturated rings. The Kier molecular flexibility index (Phi) is 2.82. The van der Waals surface area contributed by atoms with Crippen molar-refractivity contribution in [2.24, 2.45) is 0 Å². The predicted octanol–water partition coefficient (Wildman–Crippen LogP) is -0.533. The van der Waals surface area contributed by atoms with Gasteiger partial charge in [0.2, 0.25) is 0 Å². The van der Waals surface area contributed by atoms with Gasteiger partial charge in [0, 0.05) is 18.8 Å². The highest BCUT2D eigenvalue weighted by Gasteiger charge is 2.18. The molecule has 2 heterocycles. The summed E-state index contributed by atoms with van der Waals surface area (Å²) < 4.78 is 0. The van der Waals surface area contributed by atoms with E-state index in [1.165, 1.54) is 12.3 Å². The van der Waals surface area contributed by atoms with Gasteiger partial charge in [-0.15, -0.1) is 0 Å². The van der Waals surface area contributed by atoms with Gasteiger partial charge >= 0.3 is 0 Å². The molecule has 0 aromatic carbocycles. The Bertz CT molecular complexity index is 407. The number of rotatable bonds is 2. The molecule has 0 spiro atoms. The van der Waals surface area contributed by atoms with Gasteiger partial charge in [-0.05, 0) is 25.1 Å². The van der Waals surface area contributed by atoms with E-state index in [0.29, 0.717) is 0 Å². The van der Waals surface area contributed by atoms with Gasteiger partial charge in [-0.1, -0.05) is 0 Å². The average molecular weight is 207 g/mol. The first-order chi connectivity index (χ1) is 7.27. The van der Waals surface area contributed by atoms with Crippen LogP contribution in [-0.2, 0) is 0 Å². The lowest BCUT2D eigenvalue weighted by Crippen LogP contribution is -2.38. The fourth-order valence-corrected chi connectivity index (χ4v) is 1.64. The Balaban J connectivity index is 2.07. The van der Waals surface area contributed by atoms with Crippen LogP contribution in [0.2, 0.25) is 0 Å². The number of amides is 1. The third-order valence-electron chi connectivity index (χ3n) is 2.46. The van der Waals surface area contributed by atoms with E-state index in [9.17, 15) is 9.59 Å². The molecule has 0 saturated carbocycles. The molecule has 1 atom stereocenters. The van der Waals surface area contributed by atoms with E-state index in [0.717, 1.165) is 19.5 Å². The molecule has 3 N–H and O–H groups in total. The van der Waals surface area contributed by atoms with E-state index < -0.39 is 0 Å². The van der Waals surface area contributed by atoms with Crippen molar-refractivity contribution in [2.45, 2.75) is 12.5 Å². The van der Waals surface area contributed by atoms with Crippen LogP contribution in [0.15, 0.2) is 23.1 Å². The summed E-state index contributed by atoms with van der Waals surface area (Å²) in [6, 6.07) is 3.30. The van der Waals surface area contributed by atoms with Crippen molar-refractivity contribution in [3.8, 4) is 0 Å². The summed E-state index contributed by atoms with van der Waals surface area (Å²) in [7, 11) is 0. The maximum atomic E-state index is 11.7. The number of hydrogen-bond donors (Lipinski definition) is 3. The quantitative estimate of drug-likeness (QED) is 0.610. The molecule has 1 aromatic rings. The van der Waals surface area contributed by atoms with Crippen LogP contribution in [0.5, 0.6) is 0 Å². The zero-order chi connectivity index (χ0) is 10.7. The van der Waals surface area contributed by atoms with Crippen LogP contribution in [0.4, 0.5) is 0 Å². The molecule has 1 saturated heterocycles. The Morgan fingerprint density at radius 2 is 2.40 bits per heavy atom. The van der Waals surface area contributed by atoms with Gasteiger partial charge in [-0.2, -0.15) is 0 Å². The molecule has 0 bridgehead atoms. The van der Waals surface area contributed by atoms with Gasteiger partial charge in [0.05, 0.1) is 0 Å². The summed E-state index contributed by atoms with van der Waals surface area (Å²) in [4.78, 5) is 25.4. The van der Waals surface area contributed by atoms with Crippen LogP contribution in [0, 0.1) is 0 Å². The number of aromatic nitrogens is 1. The van der Waals surface area contributed by atoms with E-state index in [2.05, 4.69) is 15.6 Å². The zero-order valence-electron chi connectivity index (χ0n) is 8.25. The fourth-order valence-electron chi connectivity index (χ4n) is 1.64. The van der Waals surface area contributed by atoms with Crippen molar-refractivity contribution in [1.29, 1.82) is 0 Å². The van der Waals surface area contributed by atoms with Gasteiger partial charge in [-0.3, -0.25) is 9.59 Å². The van der Waals surface area contributed by atoms with Crippen molar-refractivity contribution in [3.05, 3.63) is 34.2 Å². The number of nitrogens with one attached hydrogen (secondary N) is 3. The maximum absolute atomic E-state index is 11.7. The first-order valence-corrected chi connectivity index (χ1v) is 4.96. The predicted molar refractivity (Wildman–Crippen MR) is 55.8 cm³/mol. The highest BCUT2D eigenvalue weighted by atomic mass is 16.2. The topological polar surface area (TPSA) is 74.0 Å². The summed E-state index contributed by atoms with van der Waals surface area (Å²) in [5.41, 5.74) is -0.176. The molecule has 5 heteroatoms. The van der Waals surface area contributed by atoms with Gasteiger partial charge in [0.1, 0.15) is 5.56 Å². The van der Waals surface area contributed by atoms with Crippen molar-refractivity contribution in [3.63, 3.8) is 0 Å². The highest BCUT2D eigenvalue weighted by molar-refractivity contribution is 5.93. The minimum Gasteiger partial charge on any atom is -0.348 e. The van der Waals surface area contributed by atoms with Crippen LogP contribution in [0.1, 0.15) is 16.8 Å². The largest absolute Gasteiger partial charge is 0.348 e. The summed E-state index contributed by atoms with van der Waals surface area (Å²) in [5.74, 6) is -0.300. The monoisotopic (exact) mass is 207 g/mol. The Morgan fingerprint density at radius 1 is 1.53 bits per heavy atom. The van der Waals surface area contributed by atoms with Crippen molar-refractivity contribution in [2.75, 3.05) is 13.1 Å². The van der Waals surface area contributed by atoms with Gasteiger partial charge in [0.15, 0.2) is 0 Å². The van der Waals surface area contributed by atoms with Gasteiger partial charge in [-0.25, -0.2) is 0 Å². The third kappa shape index (κ3) is 2.24. The van der Waals surface area contributed by atoms with E-state index in [4.69, 9.17) is 0 Å². The summed E-state index contributed by atoms with van der Waals surface area (Å²) in [5, 5.41) is 5.96. The van der Waals surface area contributed by atoms with Gasteiger partial charge in [0.25, 0.3) is 11.5 Å². The van der Waals surface area contributed by atoms with E-state index in [1.807, 2.05) is 0 Å². The molecule has 80 valence electrons. The molecule has 1 aliphatic heterocycles. The smallest absolute Gasteiger partial charge is 0.260 e. The normalized spacial score (nSPS) is 20.1. The molecule has 5 nitrogen and oxygen atoms in total. The van der Waals surface area contributed by atoms with Crippen molar-refractivity contribution >= 4 is 5.91 Å². The first kappa shape index (κ1) is 9.92. The van der Waals surface area contributed by atoms with Crippen LogP contribution in [0.3, 0.4) is 0 Å². The minimum atomic E-state index is -0.346. The molecular formula is C10H13N3O2. The second kappa shape index (κ2) is 4.27. The number of aromatic amines is 1. The van der Waals surface area contributed by atoms with Crippen LogP contribution in [0.25, 0.3) is 0 Å². The Hall–Kier alpha value is -1.62. The first-order valence-electron chi connectivity index (χ1n) is 4.96. The zero-order valence-corrected chi connectivity index (χ0v) is 8.25. The molecule has 1 aromatic heterocycles. The number of carbonyl (C=O) groups excluding carboxylic acids is 1. The number of carbonyl (C=O) groups is 1. The minimum absolute atomic E-state index is 0.136. The van der Waals surface area contributed by atoms with Crippen LogP contribution >= 0.6 is 0 Å². The van der Waals surface area contributed by atoms with Crippen LogP contribution < -0.4 is 16.2 Å². The third-order valence-corrected chi connectivity index (χ3v) is 2.46. The fraction of sp³-hybridized carbons (Fsp3) is 0.400. The standard InChI is InChI=1S/C10H13N3O2/c14-9-8(2-1-4-12-9)10(15)13-7-3-5-11-6-7/h1-2,4,7,11H,3,5-6H2,(H,12,14)(H,13,15)/t7-/m1/s1. The molecular weight excluding hydrogens is 194 g/mol. The highest BCUT2D eigenvalue weighted by Crippen LogP contribution is 1.98. The molecule has 1 aliphatic rings. The average Bonchev–Trinajstić information content (AvgIpc) is 2.71. The maximum Gasteiger partial charge on any atom is 0.260 e. The molecule has 0 aliphatic carbocycles. The van der Waals surface area contributed by atoms with Crippen LogP contribution in [-0.4, -0.2) is 30.0 Å². The number of hydrogen-bond acceptors (Lipinski definition) is 3. The van der Waals surface area contributed by atoms with Crippen molar-refractivity contribution in [1.82, 2.24) is 15.6 Å². The van der Waals surface area contributed by atoms with Crippen molar-refractivity contribution < 1.29 is 4.79 Å². The number of H-pyrrole nitrogens is 1. The molecule has 0 unspecified atom stereocenters. The lowest BCUT2D eigenvalue weighted by atomic mass is 10.2. The summed E-state index contributed by atoms with van der Waals surface area (Å²) in [6.07, 6.45) is 2.42. The SMILES string of the molecule is O=C(N[C@@H]1CCNC1)c1ccc[nH]c1=O. The second-order valence-corrected chi connectivity index (χ2v) is 3.58.